The number of ketones is 2. The van der Waals surface area contributed by atoms with E-state index in [2.05, 4.69) is 0 Å². The molecule has 0 amide bonds. The van der Waals surface area contributed by atoms with Crippen molar-refractivity contribution >= 4 is 17.5 Å². The van der Waals surface area contributed by atoms with Gasteiger partial charge >= 0.3 is 5.97 Å². The Kier molecular flexibility index (Phi) is 2.76. The molecule has 0 aliphatic carbocycles. The maximum Gasteiger partial charge on any atom is 0.335 e. The Morgan fingerprint density at radius 2 is 1.43 bits per heavy atom. The molecule has 0 unspecified atom stereocenters. The first kappa shape index (κ1) is 10.1. The van der Waals surface area contributed by atoms with Crippen LogP contribution in [0.25, 0.3) is 0 Å². The quantitative estimate of drug-likeness (QED) is 0.576. The molecule has 1 rings (SSSR count). The van der Waals surface area contributed by atoms with E-state index in [1.54, 1.807) is 0 Å². The Morgan fingerprint density at radius 1 is 1.00 bits per heavy atom. The van der Waals surface area contributed by atoms with E-state index in [0.717, 1.165) is 0 Å². The number of hydrogen-bond acceptors (Lipinski definition) is 3. The lowest BCUT2D eigenvalue weighted by atomic mass is 10.1. The fraction of sp³-hybridized carbons (Fsp3) is 0.100. The number of Topliss-reactive ketones (excluding diaryl/α,β-unsaturated/α-hetero) is 2. The van der Waals surface area contributed by atoms with Gasteiger partial charge in [0.15, 0.2) is 5.78 Å². The van der Waals surface area contributed by atoms with Crippen molar-refractivity contribution in [3.05, 3.63) is 35.4 Å². The van der Waals surface area contributed by atoms with Crippen LogP contribution in [0.4, 0.5) is 0 Å². The van der Waals surface area contributed by atoms with Gasteiger partial charge in [0, 0.05) is 12.5 Å². The zero-order chi connectivity index (χ0) is 10.7. The summed E-state index contributed by atoms with van der Waals surface area (Å²) in [7, 11) is 0. The van der Waals surface area contributed by atoms with Gasteiger partial charge < -0.3 is 5.11 Å². The molecule has 14 heavy (non-hydrogen) atoms. The molecule has 72 valence electrons. The molecule has 1 N–H and O–H groups in total. The fourth-order valence-corrected chi connectivity index (χ4v) is 0.967. The van der Waals surface area contributed by atoms with E-state index in [1.165, 1.54) is 31.2 Å². The van der Waals surface area contributed by atoms with E-state index >= 15 is 0 Å². The summed E-state index contributed by atoms with van der Waals surface area (Å²) in [5, 5.41) is 8.57. The van der Waals surface area contributed by atoms with Crippen LogP contribution in [-0.4, -0.2) is 22.6 Å². The molecular formula is C10H8O4. The Labute approximate surface area is 80.2 Å². The zero-order valence-electron chi connectivity index (χ0n) is 7.48. The number of aromatic carboxylic acids is 1. The Hall–Kier alpha value is -1.97. The normalized spacial score (nSPS) is 9.50. The lowest BCUT2D eigenvalue weighted by molar-refractivity contribution is -0.113. The lowest BCUT2D eigenvalue weighted by Gasteiger charge is -1.97. The van der Waals surface area contributed by atoms with Gasteiger partial charge in [0.25, 0.3) is 0 Å². The molecule has 0 aromatic heterocycles. The Bertz CT molecular complexity index is 389. The molecule has 0 aliphatic rings. The second-order valence-electron chi connectivity index (χ2n) is 2.77. The predicted octanol–water partition coefficient (Wildman–Crippen LogP) is 1.16. The smallest absolute Gasteiger partial charge is 0.335 e. The van der Waals surface area contributed by atoms with E-state index < -0.39 is 17.5 Å². The molecule has 0 fully saturated rings. The summed E-state index contributed by atoms with van der Waals surface area (Å²) in [5.74, 6) is -2.23. The van der Waals surface area contributed by atoms with Gasteiger partial charge in [0.2, 0.25) is 5.78 Å². The third-order valence-corrected chi connectivity index (χ3v) is 1.71. The molecule has 1 aromatic carbocycles. The highest BCUT2D eigenvalue weighted by Gasteiger charge is 2.11. The molecule has 0 atom stereocenters. The van der Waals surface area contributed by atoms with Crippen molar-refractivity contribution in [3.8, 4) is 0 Å². The maximum atomic E-state index is 11.1. The highest BCUT2D eigenvalue weighted by atomic mass is 16.4. The molecule has 0 bridgehead atoms. The third-order valence-electron chi connectivity index (χ3n) is 1.71. The second-order valence-corrected chi connectivity index (χ2v) is 2.77. The number of hydrogen-bond donors (Lipinski definition) is 1. The Morgan fingerprint density at radius 3 is 1.79 bits per heavy atom. The minimum absolute atomic E-state index is 0.0881. The average molecular weight is 192 g/mol. The molecule has 0 radical (unpaired) electrons. The number of carbonyl (C=O) groups is 3. The van der Waals surface area contributed by atoms with Crippen molar-refractivity contribution in [1.82, 2.24) is 0 Å². The van der Waals surface area contributed by atoms with Crippen LogP contribution in [-0.2, 0) is 4.79 Å². The SMILES string of the molecule is CC(=O)C(=O)c1ccc(C(=O)O)cc1. The van der Waals surface area contributed by atoms with E-state index in [4.69, 9.17) is 5.11 Å². The van der Waals surface area contributed by atoms with Crippen LogP contribution in [0.2, 0.25) is 0 Å². The van der Waals surface area contributed by atoms with Gasteiger partial charge in [-0.05, 0) is 12.1 Å². The van der Waals surface area contributed by atoms with Gasteiger partial charge in [0.1, 0.15) is 0 Å². The van der Waals surface area contributed by atoms with Crippen molar-refractivity contribution < 1.29 is 19.5 Å². The Balaban J connectivity index is 3.00. The van der Waals surface area contributed by atoms with Crippen LogP contribution < -0.4 is 0 Å². The van der Waals surface area contributed by atoms with Crippen molar-refractivity contribution in [2.24, 2.45) is 0 Å². The molecule has 1 aromatic rings. The van der Waals surface area contributed by atoms with Gasteiger partial charge in [-0.3, -0.25) is 9.59 Å². The van der Waals surface area contributed by atoms with Crippen molar-refractivity contribution in [2.75, 3.05) is 0 Å². The molecule has 0 heterocycles. The predicted molar refractivity (Wildman–Crippen MR) is 48.4 cm³/mol. The van der Waals surface area contributed by atoms with Gasteiger partial charge in [-0.25, -0.2) is 4.79 Å². The van der Waals surface area contributed by atoms with Crippen LogP contribution in [0.5, 0.6) is 0 Å². The van der Waals surface area contributed by atoms with Gasteiger partial charge in [-0.15, -0.1) is 0 Å². The lowest BCUT2D eigenvalue weighted by Crippen LogP contribution is -2.09. The molecule has 0 saturated carbocycles. The maximum absolute atomic E-state index is 11.1. The summed E-state index contributed by atoms with van der Waals surface area (Å²) in [6.45, 7) is 1.17. The summed E-state index contributed by atoms with van der Waals surface area (Å²) in [5.41, 5.74) is 0.299. The van der Waals surface area contributed by atoms with Crippen LogP contribution in [0, 0.1) is 0 Å². The summed E-state index contributed by atoms with van der Waals surface area (Å²) in [6.07, 6.45) is 0. The first-order chi connectivity index (χ1) is 6.52. The van der Waals surface area contributed by atoms with Crippen LogP contribution in [0.1, 0.15) is 27.6 Å². The minimum Gasteiger partial charge on any atom is -0.478 e. The van der Waals surface area contributed by atoms with E-state index in [9.17, 15) is 14.4 Å². The minimum atomic E-state index is -1.06. The molecule has 4 heteroatoms. The van der Waals surface area contributed by atoms with E-state index in [1.807, 2.05) is 0 Å². The van der Waals surface area contributed by atoms with Gasteiger partial charge in [0.05, 0.1) is 5.56 Å². The number of carbonyl (C=O) groups excluding carboxylic acids is 2. The summed E-state index contributed by atoms with van der Waals surface area (Å²) in [4.78, 5) is 32.3. The van der Waals surface area contributed by atoms with Crippen LogP contribution in [0.15, 0.2) is 24.3 Å². The molecule has 0 aliphatic heterocycles. The van der Waals surface area contributed by atoms with E-state index in [-0.39, 0.29) is 11.1 Å². The topological polar surface area (TPSA) is 71.4 Å². The summed E-state index contributed by atoms with van der Waals surface area (Å²) >= 11 is 0. The monoisotopic (exact) mass is 192 g/mol. The second kappa shape index (κ2) is 3.83. The summed E-state index contributed by atoms with van der Waals surface area (Å²) in [6, 6.07) is 5.23. The van der Waals surface area contributed by atoms with Gasteiger partial charge in [-0.2, -0.15) is 0 Å². The first-order valence-corrected chi connectivity index (χ1v) is 3.91. The molecule has 0 saturated heterocycles. The van der Waals surface area contributed by atoms with Crippen molar-refractivity contribution in [3.63, 3.8) is 0 Å². The molecule has 4 nitrogen and oxygen atoms in total. The molecular weight excluding hydrogens is 184 g/mol. The number of rotatable bonds is 3. The largest absolute Gasteiger partial charge is 0.478 e. The fourth-order valence-electron chi connectivity index (χ4n) is 0.967. The molecule has 0 spiro atoms. The number of carboxylic acids is 1. The highest BCUT2D eigenvalue weighted by molar-refractivity contribution is 6.42. The summed E-state index contributed by atoms with van der Waals surface area (Å²) < 4.78 is 0. The van der Waals surface area contributed by atoms with Crippen molar-refractivity contribution in [1.29, 1.82) is 0 Å². The number of carboxylic acid groups (broad SMARTS) is 1. The number of benzene rings is 1. The van der Waals surface area contributed by atoms with Crippen LogP contribution >= 0.6 is 0 Å². The standard InChI is InChI=1S/C10H8O4/c1-6(11)9(12)7-2-4-8(5-3-7)10(13)14/h2-5H,1H3,(H,13,14). The van der Waals surface area contributed by atoms with E-state index in [0.29, 0.717) is 0 Å². The van der Waals surface area contributed by atoms with Crippen LogP contribution in [0.3, 0.4) is 0 Å². The van der Waals surface area contributed by atoms with Gasteiger partial charge in [-0.1, -0.05) is 12.1 Å². The first-order valence-electron chi connectivity index (χ1n) is 3.91. The highest BCUT2D eigenvalue weighted by Crippen LogP contribution is 2.05. The average Bonchev–Trinajstić information content (AvgIpc) is 2.16. The third kappa shape index (κ3) is 2.04. The zero-order valence-corrected chi connectivity index (χ0v) is 7.48. The van der Waals surface area contributed by atoms with Crippen molar-refractivity contribution in [2.45, 2.75) is 6.92 Å².